The number of ether oxygens (including phenoxy) is 3. The van der Waals surface area contributed by atoms with E-state index < -0.39 is 0 Å². The average molecular weight is 428 g/mol. The summed E-state index contributed by atoms with van der Waals surface area (Å²) in [5, 5.41) is 0. The van der Waals surface area contributed by atoms with Crippen LogP contribution in [-0.4, -0.2) is 36.7 Å². The predicted molar refractivity (Wildman–Crippen MR) is 123 cm³/mol. The number of aromatic nitrogens is 2. The molecule has 0 atom stereocenters. The highest BCUT2D eigenvalue weighted by molar-refractivity contribution is 6.13. The summed E-state index contributed by atoms with van der Waals surface area (Å²) in [6.07, 6.45) is 5.48. The lowest BCUT2D eigenvalue weighted by atomic mass is 10.00. The molecule has 0 aliphatic rings. The maximum absolute atomic E-state index is 13.7. The third kappa shape index (κ3) is 3.95. The molecule has 0 aliphatic heterocycles. The SMILES string of the molecule is COc1cc(C(=O)c2cn(-c3ccc(C)cc3)cc2-c2ccccn2)cc(OC)c1OC. The molecule has 0 saturated heterocycles. The molecule has 6 heteroatoms. The van der Waals surface area contributed by atoms with Gasteiger partial charge >= 0.3 is 0 Å². The molecule has 2 heterocycles. The normalized spacial score (nSPS) is 10.6. The molecule has 0 bridgehead atoms. The quantitative estimate of drug-likeness (QED) is 0.383. The van der Waals surface area contributed by atoms with Gasteiger partial charge in [-0.2, -0.15) is 0 Å². The Labute approximate surface area is 187 Å². The zero-order chi connectivity index (χ0) is 22.7. The van der Waals surface area contributed by atoms with E-state index in [4.69, 9.17) is 14.2 Å². The fourth-order valence-electron chi connectivity index (χ4n) is 3.60. The lowest BCUT2D eigenvalue weighted by Crippen LogP contribution is -2.05. The highest BCUT2D eigenvalue weighted by Gasteiger charge is 2.22. The van der Waals surface area contributed by atoms with E-state index in [1.54, 1.807) is 18.3 Å². The second-order valence-electron chi connectivity index (χ2n) is 7.29. The number of hydrogen-bond donors (Lipinski definition) is 0. The van der Waals surface area contributed by atoms with Crippen molar-refractivity contribution in [3.8, 4) is 34.2 Å². The molecule has 0 aliphatic carbocycles. The second kappa shape index (κ2) is 8.98. The standard InChI is InChI=1S/C26H24N2O4/c1-17-8-10-19(11-9-17)28-15-20(22-7-5-6-12-27-22)21(16-28)25(29)18-13-23(30-2)26(32-4)24(14-18)31-3/h5-16H,1-4H3. The van der Waals surface area contributed by atoms with Crippen LogP contribution in [0, 0.1) is 6.92 Å². The number of hydrogen-bond acceptors (Lipinski definition) is 5. The van der Waals surface area contributed by atoms with Crippen LogP contribution in [0.2, 0.25) is 0 Å². The van der Waals surface area contributed by atoms with E-state index in [-0.39, 0.29) is 5.78 Å². The molecule has 0 radical (unpaired) electrons. The van der Waals surface area contributed by atoms with Crippen molar-refractivity contribution in [2.75, 3.05) is 21.3 Å². The minimum atomic E-state index is -0.171. The first-order valence-corrected chi connectivity index (χ1v) is 10.1. The van der Waals surface area contributed by atoms with Crippen LogP contribution in [0.1, 0.15) is 21.5 Å². The summed E-state index contributed by atoms with van der Waals surface area (Å²) in [5.74, 6) is 1.12. The van der Waals surface area contributed by atoms with Crippen LogP contribution in [0.3, 0.4) is 0 Å². The van der Waals surface area contributed by atoms with Gasteiger partial charge in [-0.25, -0.2) is 0 Å². The van der Waals surface area contributed by atoms with Crippen molar-refractivity contribution >= 4 is 5.78 Å². The molecule has 0 N–H and O–H groups in total. The highest BCUT2D eigenvalue weighted by atomic mass is 16.5. The lowest BCUT2D eigenvalue weighted by Gasteiger charge is -2.13. The maximum Gasteiger partial charge on any atom is 0.203 e. The number of benzene rings is 2. The third-order valence-corrected chi connectivity index (χ3v) is 5.27. The summed E-state index contributed by atoms with van der Waals surface area (Å²) >= 11 is 0. The van der Waals surface area contributed by atoms with Crippen LogP contribution in [0.5, 0.6) is 17.2 Å². The summed E-state index contributed by atoms with van der Waals surface area (Å²) in [7, 11) is 4.58. The summed E-state index contributed by atoms with van der Waals surface area (Å²) in [4.78, 5) is 18.1. The Balaban J connectivity index is 1.87. The van der Waals surface area contributed by atoms with E-state index in [0.29, 0.717) is 34.1 Å². The fraction of sp³-hybridized carbons (Fsp3) is 0.154. The molecule has 32 heavy (non-hydrogen) atoms. The number of carbonyl (C=O) groups is 1. The first-order chi connectivity index (χ1) is 15.5. The van der Waals surface area contributed by atoms with Crippen LogP contribution < -0.4 is 14.2 Å². The number of aryl methyl sites for hydroxylation is 1. The molecule has 2 aromatic heterocycles. The van der Waals surface area contributed by atoms with Crippen LogP contribution in [0.15, 0.2) is 73.2 Å². The Morgan fingerprint density at radius 2 is 1.56 bits per heavy atom. The summed E-state index contributed by atoms with van der Waals surface area (Å²) in [5.41, 5.74) is 4.53. The minimum Gasteiger partial charge on any atom is -0.493 e. The molecule has 4 rings (SSSR count). The highest BCUT2D eigenvalue weighted by Crippen LogP contribution is 2.39. The van der Waals surface area contributed by atoms with Crippen molar-refractivity contribution in [2.45, 2.75) is 6.92 Å². The Bertz CT molecular complexity index is 1220. The molecule has 2 aromatic carbocycles. The smallest absolute Gasteiger partial charge is 0.203 e. The van der Waals surface area contributed by atoms with Crippen LogP contribution >= 0.6 is 0 Å². The number of nitrogens with zero attached hydrogens (tertiary/aromatic N) is 2. The molecule has 4 aromatic rings. The Morgan fingerprint density at radius 3 is 2.12 bits per heavy atom. The van der Waals surface area contributed by atoms with Crippen molar-refractivity contribution in [1.82, 2.24) is 9.55 Å². The van der Waals surface area contributed by atoms with Crippen molar-refractivity contribution in [1.29, 1.82) is 0 Å². The summed E-state index contributed by atoms with van der Waals surface area (Å²) in [6.45, 7) is 2.04. The van der Waals surface area contributed by atoms with Gasteiger partial charge in [0, 0.05) is 41.0 Å². The van der Waals surface area contributed by atoms with Gasteiger partial charge in [-0.15, -0.1) is 0 Å². The monoisotopic (exact) mass is 428 g/mol. The van der Waals surface area contributed by atoms with Crippen molar-refractivity contribution in [3.05, 3.63) is 89.9 Å². The first kappa shape index (κ1) is 21.2. The van der Waals surface area contributed by atoms with Crippen LogP contribution in [0.4, 0.5) is 0 Å². The summed E-state index contributed by atoms with van der Waals surface area (Å²) < 4.78 is 18.2. The van der Waals surface area contributed by atoms with Gasteiger partial charge in [0.15, 0.2) is 17.3 Å². The Morgan fingerprint density at radius 1 is 0.875 bits per heavy atom. The first-order valence-electron chi connectivity index (χ1n) is 10.1. The van der Waals surface area contributed by atoms with Gasteiger partial charge in [0.05, 0.1) is 27.0 Å². The number of ketones is 1. The molecule has 0 unspecified atom stereocenters. The Kier molecular flexibility index (Phi) is 5.94. The number of carbonyl (C=O) groups excluding carboxylic acids is 1. The second-order valence-corrected chi connectivity index (χ2v) is 7.29. The van der Waals surface area contributed by atoms with E-state index in [9.17, 15) is 4.79 Å². The van der Waals surface area contributed by atoms with E-state index in [1.807, 2.05) is 66.3 Å². The van der Waals surface area contributed by atoms with Crippen molar-refractivity contribution < 1.29 is 19.0 Å². The van der Waals surface area contributed by atoms with Crippen LogP contribution in [-0.2, 0) is 0 Å². The van der Waals surface area contributed by atoms with Crippen LogP contribution in [0.25, 0.3) is 16.9 Å². The Hall–Kier alpha value is -4.06. The third-order valence-electron chi connectivity index (χ3n) is 5.27. The van der Waals surface area contributed by atoms with Crippen molar-refractivity contribution in [2.24, 2.45) is 0 Å². The van der Waals surface area contributed by atoms with Gasteiger partial charge in [-0.05, 0) is 43.3 Å². The average Bonchev–Trinajstić information content (AvgIpc) is 3.29. The molecule has 162 valence electrons. The van der Waals surface area contributed by atoms with Gasteiger partial charge in [0.2, 0.25) is 5.75 Å². The van der Waals surface area contributed by atoms with Gasteiger partial charge in [0.25, 0.3) is 0 Å². The van der Waals surface area contributed by atoms with E-state index >= 15 is 0 Å². The van der Waals surface area contributed by atoms with E-state index in [0.717, 1.165) is 11.3 Å². The number of methoxy groups -OCH3 is 3. The largest absolute Gasteiger partial charge is 0.493 e. The van der Waals surface area contributed by atoms with Crippen molar-refractivity contribution in [3.63, 3.8) is 0 Å². The van der Waals surface area contributed by atoms with Gasteiger partial charge in [0.1, 0.15) is 0 Å². The zero-order valence-corrected chi connectivity index (χ0v) is 18.5. The number of pyridine rings is 1. The molecule has 0 fully saturated rings. The molecular formula is C26H24N2O4. The van der Waals surface area contributed by atoms with Gasteiger partial charge in [-0.3, -0.25) is 9.78 Å². The molecule has 6 nitrogen and oxygen atoms in total. The lowest BCUT2D eigenvalue weighted by molar-refractivity contribution is 0.103. The fourth-order valence-corrected chi connectivity index (χ4v) is 3.60. The predicted octanol–water partition coefficient (Wildman–Crippen LogP) is 5.10. The zero-order valence-electron chi connectivity index (χ0n) is 18.5. The summed E-state index contributed by atoms with van der Waals surface area (Å²) in [6, 6.07) is 17.1. The maximum atomic E-state index is 13.7. The van der Waals surface area contributed by atoms with E-state index in [2.05, 4.69) is 4.98 Å². The van der Waals surface area contributed by atoms with Gasteiger partial charge in [-0.1, -0.05) is 23.8 Å². The molecule has 0 amide bonds. The van der Waals surface area contributed by atoms with E-state index in [1.165, 1.54) is 26.9 Å². The minimum absolute atomic E-state index is 0.171. The topological polar surface area (TPSA) is 62.6 Å². The number of rotatable bonds is 7. The molecular weight excluding hydrogens is 404 g/mol. The molecule has 0 saturated carbocycles. The molecule has 0 spiro atoms. The van der Waals surface area contributed by atoms with Gasteiger partial charge < -0.3 is 18.8 Å².